The number of hydrogen-bond acceptors (Lipinski definition) is 4. The van der Waals surface area contributed by atoms with E-state index in [4.69, 9.17) is 11.6 Å². The van der Waals surface area contributed by atoms with E-state index in [-0.39, 0.29) is 11.9 Å². The van der Waals surface area contributed by atoms with Gasteiger partial charge in [0.2, 0.25) is 0 Å². The van der Waals surface area contributed by atoms with Crippen LogP contribution in [0.5, 0.6) is 0 Å². The van der Waals surface area contributed by atoms with Gasteiger partial charge in [0.15, 0.2) is 0 Å². The molecule has 1 saturated heterocycles. The first-order valence-corrected chi connectivity index (χ1v) is 7.68. The van der Waals surface area contributed by atoms with Crippen molar-refractivity contribution >= 4 is 23.3 Å². The maximum Gasteiger partial charge on any atom is 0.251 e. The summed E-state index contributed by atoms with van der Waals surface area (Å²) in [6, 6.07) is 9.49. The van der Waals surface area contributed by atoms with Gasteiger partial charge in [0.25, 0.3) is 5.91 Å². The van der Waals surface area contributed by atoms with Crippen molar-refractivity contribution in [3.8, 4) is 0 Å². The Balaban J connectivity index is 1.55. The lowest BCUT2D eigenvalue weighted by molar-refractivity contribution is 0.0931. The maximum atomic E-state index is 12.1. The molecule has 114 valence electrons. The summed E-state index contributed by atoms with van der Waals surface area (Å²) in [5.41, 5.74) is 0.700. The van der Waals surface area contributed by atoms with Crippen molar-refractivity contribution < 1.29 is 4.79 Å². The van der Waals surface area contributed by atoms with Crippen LogP contribution in [0.3, 0.4) is 0 Å². The summed E-state index contributed by atoms with van der Waals surface area (Å²) in [5, 5.41) is 3.49. The van der Waals surface area contributed by atoms with E-state index < -0.39 is 0 Å². The molecule has 1 N–H and O–H groups in total. The number of hydrogen-bond donors (Lipinski definition) is 1. The Kier molecular flexibility index (Phi) is 4.53. The molecule has 3 rings (SSSR count). The Morgan fingerprint density at radius 2 is 1.91 bits per heavy atom. The zero-order chi connectivity index (χ0) is 15.4. The third-order valence-corrected chi connectivity index (χ3v) is 3.96. The van der Waals surface area contributed by atoms with Gasteiger partial charge in [-0.05, 0) is 25.0 Å². The van der Waals surface area contributed by atoms with Crippen LogP contribution in [0.1, 0.15) is 23.2 Å². The predicted molar refractivity (Wildman–Crippen MR) is 86.2 cm³/mol. The number of carbonyl (C=O) groups is 1. The number of nitrogens with zero attached hydrogens (tertiary/aromatic N) is 3. The summed E-state index contributed by atoms with van der Waals surface area (Å²) in [6.45, 7) is 1.66. The Bertz CT molecular complexity index is 642. The van der Waals surface area contributed by atoms with Gasteiger partial charge in [-0.15, -0.1) is 0 Å². The van der Waals surface area contributed by atoms with Crippen LogP contribution < -0.4 is 10.2 Å². The standard InChI is InChI=1S/C16H17ClN4O/c17-14-10-18-11-15(20-14)21-8-6-13(7-9-21)19-16(22)12-4-2-1-3-5-12/h1-5,10-11,13H,6-9H2,(H,19,22). The van der Waals surface area contributed by atoms with Crippen LogP contribution in [0.2, 0.25) is 5.15 Å². The zero-order valence-corrected chi connectivity index (χ0v) is 12.8. The van der Waals surface area contributed by atoms with E-state index in [0.29, 0.717) is 10.7 Å². The van der Waals surface area contributed by atoms with E-state index in [1.165, 1.54) is 6.20 Å². The third-order valence-electron chi connectivity index (χ3n) is 3.78. The molecule has 0 spiro atoms. The number of benzene rings is 1. The average molecular weight is 317 g/mol. The highest BCUT2D eigenvalue weighted by Crippen LogP contribution is 2.18. The van der Waals surface area contributed by atoms with Crippen molar-refractivity contribution in [3.63, 3.8) is 0 Å². The van der Waals surface area contributed by atoms with Gasteiger partial charge in [0.05, 0.1) is 12.4 Å². The number of rotatable bonds is 3. The number of aromatic nitrogens is 2. The summed E-state index contributed by atoms with van der Waals surface area (Å²) in [5.74, 6) is 0.780. The molecule has 0 atom stereocenters. The summed E-state index contributed by atoms with van der Waals surface area (Å²) >= 11 is 5.87. The molecule has 1 aliphatic rings. The molecule has 0 unspecified atom stereocenters. The van der Waals surface area contributed by atoms with Gasteiger partial charge in [-0.2, -0.15) is 0 Å². The summed E-state index contributed by atoms with van der Waals surface area (Å²) < 4.78 is 0. The minimum Gasteiger partial charge on any atom is -0.355 e. The quantitative estimate of drug-likeness (QED) is 0.945. The summed E-state index contributed by atoms with van der Waals surface area (Å²) in [7, 11) is 0. The maximum absolute atomic E-state index is 12.1. The molecule has 2 heterocycles. The largest absolute Gasteiger partial charge is 0.355 e. The highest BCUT2D eigenvalue weighted by molar-refractivity contribution is 6.29. The fraction of sp³-hybridized carbons (Fsp3) is 0.312. The highest BCUT2D eigenvalue weighted by atomic mass is 35.5. The predicted octanol–water partition coefficient (Wildman–Crippen LogP) is 2.53. The first-order valence-electron chi connectivity index (χ1n) is 7.31. The number of nitrogens with one attached hydrogen (secondary N) is 1. The van der Waals surface area contributed by atoms with E-state index in [2.05, 4.69) is 20.2 Å². The minimum absolute atomic E-state index is 0.0124. The van der Waals surface area contributed by atoms with Gasteiger partial charge in [-0.25, -0.2) is 4.98 Å². The van der Waals surface area contributed by atoms with Gasteiger partial charge in [0, 0.05) is 24.7 Å². The molecule has 0 bridgehead atoms. The zero-order valence-electron chi connectivity index (χ0n) is 12.1. The minimum atomic E-state index is -0.0124. The van der Waals surface area contributed by atoms with E-state index >= 15 is 0 Å². The molecule has 0 radical (unpaired) electrons. The van der Waals surface area contributed by atoms with Crippen LogP contribution in [0, 0.1) is 0 Å². The number of piperidine rings is 1. The van der Waals surface area contributed by atoms with Crippen molar-refractivity contribution in [2.75, 3.05) is 18.0 Å². The fourth-order valence-electron chi connectivity index (χ4n) is 2.60. The van der Waals surface area contributed by atoms with Gasteiger partial charge < -0.3 is 10.2 Å². The fourth-order valence-corrected chi connectivity index (χ4v) is 2.74. The SMILES string of the molecule is O=C(NC1CCN(c2cncc(Cl)n2)CC1)c1ccccc1. The lowest BCUT2D eigenvalue weighted by atomic mass is 10.0. The first-order chi connectivity index (χ1) is 10.7. The van der Waals surface area contributed by atoms with Crippen LogP contribution in [-0.4, -0.2) is 35.0 Å². The van der Waals surface area contributed by atoms with Gasteiger partial charge >= 0.3 is 0 Å². The van der Waals surface area contributed by atoms with E-state index in [1.54, 1.807) is 6.20 Å². The topological polar surface area (TPSA) is 58.1 Å². The van der Waals surface area contributed by atoms with Crippen molar-refractivity contribution in [1.29, 1.82) is 0 Å². The summed E-state index contributed by atoms with van der Waals surface area (Å²) in [4.78, 5) is 22.6. The number of carbonyl (C=O) groups excluding carboxylic acids is 1. The molecular weight excluding hydrogens is 300 g/mol. The first kappa shape index (κ1) is 14.8. The summed E-state index contributed by atoms with van der Waals surface area (Å²) in [6.07, 6.45) is 5.01. The molecule has 0 aliphatic carbocycles. The second-order valence-corrected chi connectivity index (χ2v) is 5.69. The smallest absolute Gasteiger partial charge is 0.251 e. The van der Waals surface area contributed by atoms with Crippen molar-refractivity contribution in [2.24, 2.45) is 0 Å². The Morgan fingerprint density at radius 1 is 1.18 bits per heavy atom. The Hall–Kier alpha value is -2.14. The van der Waals surface area contributed by atoms with E-state index in [1.807, 2.05) is 30.3 Å². The molecular formula is C16H17ClN4O. The van der Waals surface area contributed by atoms with Crippen LogP contribution in [0.25, 0.3) is 0 Å². The lowest BCUT2D eigenvalue weighted by Gasteiger charge is -2.33. The molecule has 22 heavy (non-hydrogen) atoms. The average Bonchev–Trinajstić information content (AvgIpc) is 2.56. The number of halogens is 1. The highest BCUT2D eigenvalue weighted by Gasteiger charge is 2.22. The van der Waals surface area contributed by atoms with Gasteiger partial charge in [-0.1, -0.05) is 29.8 Å². The third kappa shape index (κ3) is 3.54. The Labute approximate surface area is 134 Å². The molecule has 1 aliphatic heterocycles. The molecule has 0 saturated carbocycles. The van der Waals surface area contributed by atoms with E-state index in [9.17, 15) is 4.79 Å². The van der Waals surface area contributed by atoms with Crippen LogP contribution >= 0.6 is 11.6 Å². The second kappa shape index (κ2) is 6.75. The number of amides is 1. The molecule has 2 aromatic rings. The van der Waals surface area contributed by atoms with Crippen molar-refractivity contribution in [2.45, 2.75) is 18.9 Å². The van der Waals surface area contributed by atoms with Crippen molar-refractivity contribution in [3.05, 3.63) is 53.4 Å². The lowest BCUT2D eigenvalue weighted by Crippen LogP contribution is -2.45. The van der Waals surface area contributed by atoms with Crippen LogP contribution in [0.4, 0.5) is 5.82 Å². The second-order valence-electron chi connectivity index (χ2n) is 5.30. The van der Waals surface area contributed by atoms with E-state index in [0.717, 1.165) is 31.7 Å². The molecule has 6 heteroatoms. The molecule has 1 aromatic heterocycles. The monoisotopic (exact) mass is 316 g/mol. The Morgan fingerprint density at radius 3 is 2.59 bits per heavy atom. The van der Waals surface area contributed by atoms with Gasteiger partial charge in [-0.3, -0.25) is 9.78 Å². The normalized spacial score (nSPS) is 15.6. The molecule has 5 nitrogen and oxygen atoms in total. The van der Waals surface area contributed by atoms with Crippen LogP contribution in [-0.2, 0) is 0 Å². The molecule has 1 amide bonds. The van der Waals surface area contributed by atoms with Crippen LogP contribution in [0.15, 0.2) is 42.7 Å². The molecule has 1 fully saturated rings. The van der Waals surface area contributed by atoms with Gasteiger partial charge in [0.1, 0.15) is 11.0 Å². The van der Waals surface area contributed by atoms with Crippen molar-refractivity contribution in [1.82, 2.24) is 15.3 Å². The molecule has 1 aromatic carbocycles. The number of anilines is 1.